The smallest absolute Gasteiger partial charge is 0.312 e. The van der Waals surface area contributed by atoms with Crippen molar-refractivity contribution in [2.24, 2.45) is 17.6 Å². The summed E-state index contributed by atoms with van der Waals surface area (Å²) in [6.45, 7) is 6.31. The lowest BCUT2D eigenvalue weighted by molar-refractivity contribution is -0.137. The highest BCUT2D eigenvalue weighted by atomic mass is 16.4. The first-order chi connectivity index (χ1) is 9.72. The molecule has 2 unspecified atom stereocenters. The largest absolute Gasteiger partial charge is 0.481 e. The van der Waals surface area contributed by atoms with E-state index in [1.54, 1.807) is 0 Å². The standard InChI is InChI=1S/C14H27N3O4/c1-9(2)8-11(17-14(15)21)13(20)16-7-6-10(3)4-5-12(18)19/h9-11H,4-8H2,1-3H3,(H,16,20)(H,18,19)(H3,15,17,21). The fourth-order valence-corrected chi connectivity index (χ4v) is 1.95. The number of carbonyl (C=O) groups excluding carboxylic acids is 2. The molecule has 0 saturated carbocycles. The molecule has 0 heterocycles. The third-order valence-electron chi connectivity index (χ3n) is 3.13. The van der Waals surface area contributed by atoms with Crippen LogP contribution in [0.25, 0.3) is 0 Å². The van der Waals surface area contributed by atoms with Crippen molar-refractivity contribution in [3.63, 3.8) is 0 Å². The van der Waals surface area contributed by atoms with Gasteiger partial charge in [-0.15, -0.1) is 0 Å². The highest BCUT2D eigenvalue weighted by molar-refractivity contribution is 5.86. The second-order valence-electron chi connectivity index (χ2n) is 5.81. The number of carboxylic acids is 1. The Morgan fingerprint density at radius 1 is 1.14 bits per heavy atom. The molecule has 5 N–H and O–H groups in total. The number of hydrogen-bond acceptors (Lipinski definition) is 3. The van der Waals surface area contributed by atoms with Crippen molar-refractivity contribution >= 4 is 17.9 Å². The van der Waals surface area contributed by atoms with Gasteiger partial charge in [-0.1, -0.05) is 20.8 Å². The number of aliphatic carboxylic acids is 1. The predicted octanol–water partition coefficient (Wildman–Crippen LogP) is 1.08. The molecule has 0 bridgehead atoms. The first kappa shape index (κ1) is 19.2. The van der Waals surface area contributed by atoms with E-state index < -0.39 is 18.0 Å². The van der Waals surface area contributed by atoms with Crippen LogP contribution in [-0.2, 0) is 9.59 Å². The lowest BCUT2D eigenvalue weighted by Crippen LogP contribution is -2.49. The number of nitrogens with one attached hydrogen (secondary N) is 2. The quantitative estimate of drug-likeness (QED) is 0.482. The molecule has 21 heavy (non-hydrogen) atoms. The molecule has 0 rings (SSSR count). The normalized spacial score (nSPS) is 13.5. The predicted molar refractivity (Wildman–Crippen MR) is 79.6 cm³/mol. The van der Waals surface area contributed by atoms with Crippen LogP contribution in [0.1, 0.15) is 46.5 Å². The Hall–Kier alpha value is -1.79. The summed E-state index contributed by atoms with van der Waals surface area (Å²) >= 11 is 0. The first-order valence-electron chi connectivity index (χ1n) is 7.27. The third kappa shape index (κ3) is 10.6. The van der Waals surface area contributed by atoms with Crippen molar-refractivity contribution in [3.05, 3.63) is 0 Å². The number of urea groups is 1. The van der Waals surface area contributed by atoms with Crippen LogP contribution in [-0.4, -0.2) is 35.6 Å². The molecular weight excluding hydrogens is 274 g/mol. The Morgan fingerprint density at radius 3 is 2.24 bits per heavy atom. The molecule has 3 amide bonds. The SMILES string of the molecule is CC(C)CC(NC(N)=O)C(=O)NCCC(C)CCC(=O)O. The number of amides is 3. The van der Waals surface area contributed by atoms with Gasteiger partial charge in [0.05, 0.1) is 0 Å². The fraction of sp³-hybridized carbons (Fsp3) is 0.786. The average molecular weight is 301 g/mol. The Balaban J connectivity index is 4.12. The summed E-state index contributed by atoms with van der Waals surface area (Å²) in [5, 5.41) is 13.8. The molecule has 0 aromatic rings. The molecule has 7 heteroatoms. The number of carboxylic acid groups (broad SMARTS) is 1. The molecule has 0 aromatic carbocycles. The second-order valence-corrected chi connectivity index (χ2v) is 5.81. The lowest BCUT2D eigenvalue weighted by Gasteiger charge is -2.19. The van der Waals surface area contributed by atoms with Crippen LogP contribution >= 0.6 is 0 Å². The van der Waals surface area contributed by atoms with E-state index in [1.807, 2.05) is 20.8 Å². The molecule has 122 valence electrons. The van der Waals surface area contributed by atoms with Gasteiger partial charge in [0.2, 0.25) is 5.91 Å². The van der Waals surface area contributed by atoms with Crippen molar-refractivity contribution in [1.29, 1.82) is 0 Å². The van der Waals surface area contributed by atoms with E-state index in [4.69, 9.17) is 10.8 Å². The second kappa shape index (κ2) is 10.0. The van der Waals surface area contributed by atoms with Gasteiger partial charge < -0.3 is 21.5 Å². The number of primary amides is 1. The van der Waals surface area contributed by atoms with Gasteiger partial charge in [0.25, 0.3) is 0 Å². The van der Waals surface area contributed by atoms with Gasteiger partial charge in [0.1, 0.15) is 6.04 Å². The minimum Gasteiger partial charge on any atom is -0.481 e. The van der Waals surface area contributed by atoms with Crippen LogP contribution in [0.3, 0.4) is 0 Å². The summed E-state index contributed by atoms with van der Waals surface area (Å²) in [4.78, 5) is 33.3. The summed E-state index contributed by atoms with van der Waals surface area (Å²) in [7, 11) is 0. The monoisotopic (exact) mass is 301 g/mol. The van der Waals surface area contributed by atoms with E-state index in [2.05, 4.69) is 10.6 Å². The Morgan fingerprint density at radius 2 is 1.76 bits per heavy atom. The van der Waals surface area contributed by atoms with Gasteiger partial charge in [-0.2, -0.15) is 0 Å². The summed E-state index contributed by atoms with van der Waals surface area (Å²) in [5.74, 6) is -0.599. The number of nitrogens with two attached hydrogens (primary N) is 1. The van der Waals surface area contributed by atoms with Crippen molar-refractivity contribution < 1.29 is 19.5 Å². The summed E-state index contributed by atoms with van der Waals surface area (Å²) in [6.07, 6.45) is 1.93. The van der Waals surface area contributed by atoms with E-state index in [0.717, 1.165) is 0 Å². The molecule has 0 fully saturated rings. The summed E-state index contributed by atoms with van der Waals surface area (Å²) in [5.41, 5.74) is 5.07. The van der Waals surface area contributed by atoms with E-state index in [1.165, 1.54) is 0 Å². The van der Waals surface area contributed by atoms with Crippen LogP contribution in [0.15, 0.2) is 0 Å². The van der Waals surface area contributed by atoms with Gasteiger partial charge in [-0.25, -0.2) is 4.79 Å². The molecule has 0 aliphatic rings. The average Bonchev–Trinajstić information content (AvgIpc) is 2.34. The van der Waals surface area contributed by atoms with Crippen molar-refractivity contribution in [2.75, 3.05) is 6.54 Å². The van der Waals surface area contributed by atoms with E-state index in [9.17, 15) is 14.4 Å². The molecule has 0 saturated heterocycles. The van der Waals surface area contributed by atoms with Crippen LogP contribution in [0.2, 0.25) is 0 Å². The zero-order chi connectivity index (χ0) is 16.4. The van der Waals surface area contributed by atoms with Crippen LogP contribution in [0, 0.1) is 11.8 Å². The van der Waals surface area contributed by atoms with Crippen LogP contribution in [0.5, 0.6) is 0 Å². The topological polar surface area (TPSA) is 122 Å². The van der Waals surface area contributed by atoms with Crippen molar-refractivity contribution in [2.45, 2.75) is 52.5 Å². The van der Waals surface area contributed by atoms with E-state index in [0.29, 0.717) is 25.8 Å². The number of hydrogen-bond donors (Lipinski definition) is 4. The Labute approximate surface area is 125 Å². The fourth-order valence-electron chi connectivity index (χ4n) is 1.95. The Kier molecular flexibility index (Phi) is 9.16. The molecule has 0 aliphatic heterocycles. The molecule has 7 nitrogen and oxygen atoms in total. The van der Waals surface area contributed by atoms with Crippen LogP contribution < -0.4 is 16.4 Å². The maximum atomic E-state index is 12.0. The molecule has 0 spiro atoms. The highest BCUT2D eigenvalue weighted by Gasteiger charge is 2.20. The summed E-state index contributed by atoms with van der Waals surface area (Å²) in [6, 6.07) is -1.34. The molecule has 0 aliphatic carbocycles. The van der Waals surface area contributed by atoms with Gasteiger partial charge in [-0.05, 0) is 31.1 Å². The zero-order valence-corrected chi connectivity index (χ0v) is 13.0. The number of carbonyl (C=O) groups is 3. The molecular formula is C14H27N3O4. The van der Waals surface area contributed by atoms with E-state index >= 15 is 0 Å². The zero-order valence-electron chi connectivity index (χ0n) is 13.0. The number of rotatable bonds is 10. The lowest BCUT2D eigenvalue weighted by atomic mass is 10.0. The third-order valence-corrected chi connectivity index (χ3v) is 3.13. The van der Waals surface area contributed by atoms with Crippen molar-refractivity contribution in [3.8, 4) is 0 Å². The molecule has 2 atom stereocenters. The highest BCUT2D eigenvalue weighted by Crippen LogP contribution is 2.09. The first-order valence-corrected chi connectivity index (χ1v) is 7.27. The van der Waals surface area contributed by atoms with Crippen molar-refractivity contribution in [1.82, 2.24) is 10.6 Å². The van der Waals surface area contributed by atoms with E-state index in [-0.39, 0.29) is 24.2 Å². The Bertz CT molecular complexity index is 358. The maximum absolute atomic E-state index is 12.0. The minimum atomic E-state index is -0.812. The summed E-state index contributed by atoms with van der Waals surface area (Å²) < 4.78 is 0. The van der Waals surface area contributed by atoms with Gasteiger partial charge in [-0.3, -0.25) is 9.59 Å². The maximum Gasteiger partial charge on any atom is 0.312 e. The molecule has 0 aromatic heterocycles. The molecule has 0 radical (unpaired) electrons. The van der Waals surface area contributed by atoms with Gasteiger partial charge in [0.15, 0.2) is 0 Å². The van der Waals surface area contributed by atoms with Gasteiger partial charge in [0, 0.05) is 13.0 Å². The minimum absolute atomic E-state index is 0.133. The van der Waals surface area contributed by atoms with Crippen LogP contribution in [0.4, 0.5) is 4.79 Å². The van der Waals surface area contributed by atoms with Gasteiger partial charge >= 0.3 is 12.0 Å².